The van der Waals surface area contributed by atoms with E-state index in [0.29, 0.717) is 22.8 Å². The molecule has 2 heterocycles. The first-order valence-electron chi connectivity index (χ1n) is 10.1. The summed E-state index contributed by atoms with van der Waals surface area (Å²) in [7, 11) is 0. The van der Waals surface area contributed by atoms with Crippen LogP contribution in [0.15, 0.2) is 46.7 Å². The Kier molecular flexibility index (Phi) is 5.44. The number of rotatable bonds is 5. The lowest BCUT2D eigenvalue weighted by molar-refractivity contribution is -0.123. The topological polar surface area (TPSA) is 94.9 Å². The Balaban J connectivity index is 0.00000193. The summed E-state index contributed by atoms with van der Waals surface area (Å²) in [5, 5.41) is 14.2. The van der Waals surface area contributed by atoms with Gasteiger partial charge in [0.2, 0.25) is 11.8 Å². The van der Waals surface area contributed by atoms with Gasteiger partial charge in [-0.3, -0.25) is 14.6 Å². The SMILES string of the molecule is CC1=C(CC(=O)N[C@H](C)c2ncc(C#N)cc2F)C(=O)N[C]2C=CC(F)C(C3CC3)=C21.[HH].[HH]. The van der Waals surface area contributed by atoms with Crippen molar-refractivity contribution in [3.8, 4) is 6.07 Å². The molecule has 2 N–H and O–H groups in total. The van der Waals surface area contributed by atoms with Crippen LogP contribution in [-0.4, -0.2) is 23.0 Å². The van der Waals surface area contributed by atoms with Gasteiger partial charge < -0.3 is 10.6 Å². The van der Waals surface area contributed by atoms with Crippen molar-refractivity contribution in [2.75, 3.05) is 0 Å². The van der Waals surface area contributed by atoms with E-state index in [1.807, 2.05) is 0 Å². The maximum absolute atomic E-state index is 14.6. The molecule has 8 heteroatoms. The molecule has 1 unspecified atom stereocenters. The number of carbonyl (C=O) groups is 2. The zero-order valence-electron chi connectivity index (χ0n) is 17.1. The number of nitrogens with one attached hydrogen (secondary N) is 2. The van der Waals surface area contributed by atoms with Crippen LogP contribution < -0.4 is 10.6 Å². The quantitative estimate of drug-likeness (QED) is 0.748. The predicted molar refractivity (Wildman–Crippen MR) is 112 cm³/mol. The van der Waals surface area contributed by atoms with Crippen molar-refractivity contribution < 1.29 is 21.2 Å². The molecule has 0 bridgehead atoms. The summed E-state index contributed by atoms with van der Waals surface area (Å²) >= 11 is 0. The lowest BCUT2D eigenvalue weighted by Crippen LogP contribution is -2.39. The first kappa shape index (κ1) is 20.9. The van der Waals surface area contributed by atoms with Crippen LogP contribution in [0.1, 0.15) is 53.3 Å². The minimum atomic E-state index is -1.20. The Hall–Kier alpha value is -3.34. The number of carbonyl (C=O) groups excluding carboxylic acids is 2. The molecule has 2 aliphatic carbocycles. The van der Waals surface area contributed by atoms with Crippen molar-refractivity contribution >= 4 is 11.8 Å². The molecule has 31 heavy (non-hydrogen) atoms. The molecule has 1 radical (unpaired) electrons. The van der Waals surface area contributed by atoms with Gasteiger partial charge in [0.25, 0.3) is 0 Å². The van der Waals surface area contributed by atoms with Gasteiger partial charge in [0, 0.05) is 14.6 Å². The molecule has 2 amide bonds. The summed E-state index contributed by atoms with van der Waals surface area (Å²) in [6, 6.07) is 2.67. The fraction of sp³-hybridized carbons (Fsp3) is 0.348. The molecule has 163 valence electrons. The van der Waals surface area contributed by atoms with E-state index in [4.69, 9.17) is 5.26 Å². The van der Waals surface area contributed by atoms with Gasteiger partial charge in [0.1, 0.15) is 24.1 Å². The summed E-state index contributed by atoms with van der Waals surface area (Å²) < 4.78 is 28.8. The number of amides is 2. The van der Waals surface area contributed by atoms with E-state index in [0.717, 1.165) is 18.9 Å². The van der Waals surface area contributed by atoms with E-state index in [9.17, 15) is 18.4 Å². The van der Waals surface area contributed by atoms with E-state index in [1.54, 1.807) is 26.0 Å². The third-order valence-corrected chi connectivity index (χ3v) is 5.78. The molecule has 1 aromatic rings. The summed E-state index contributed by atoms with van der Waals surface area (Å²) in [5.41, 5.74) is 2.30. The lowest BCUT2D eigenvalue weighted by Gasteiger charge is -2.32. The lowest BCUT2D eigenvalue weighted by atomic mass is 9.80. The third kappa shape index (κ3) is 4.00. The fourth-order valence-corrected chi connectivity index (χ4v) is 4.09. The van der Waals surface area contributed by atoms with Gasteiger partial charge in [0.15, 0.2) is 0 Å². The van der Waals surface area contributed by atoms with Gasteiger partial charge in [0.05, 0.1) is 23.7 Å². The molecule has 3 aliphatic rings. The largest absolute Gasteiger partial charge is 0.348 e. The number of hydrogen-bond acceptors (Lipinski definition) is 4. The van der Waals surface area contributed by atoms with Crippen LogP contribution in [0.2, 0.25) is 0 Å². The zero-order chi connectivity index (χ0) is 22.3. The van der Waals surface area contributed by atoms with Crippen LogP contribution in [0, 0.1) is 29.1 Å². The highest BCUT2D eigenvalue weighted by Gasteiger charge is 2.41. The molecule has 0 spiro atoms. The normalized spacial score (nSPS) is 22.0. The van der Waals surface area contributed by atoms with E-state index >= 15 is 0 Å². The van der Waals surface area contributed by atoms with Crippen molar-refractivity contribution in [3.63, 3.8) is 0 Å². The summed E-state index contributed by atoms with van der Waals surface area (Å²) in [6.45, 7) is 3.30. The van der Waals surface area contributed by atoms with E-state index < -0.39 is 29.8 Å². The first-order chi connectivity index (χ1) is 14.8. The smallest absolute Gasteiger partial charge is 0.249 e. The number of halogens is 2. The maximum atomic E-state index is 14.6. The summed E-state index contributed by atoms with van der Waals surface area (Å²) in [6.07, 6.45) is 4.65. The second-order valence-corrected chi connectivity index (χ2v) is 8.01. The molecular weight excluding hydrogens is 402 g/mol. The van der Waals surface area contributed by atoms with E-state index in [-0.39, 0.29) is 32.0 Å². The highest BCUT2D eigenvalue weighted by molar-refractivity contribution is 6.03. The molecule has 1 aromatic heterocycles. The standard InChI is InChI=1S/C23H21F2N4O2.2H2/c1-11-15(8-19(30)28-12(2)22-17(25)7-13(9-26)10-27-22)23(31)29-18-6-5-16(24)21(20(11)18)14-3-4-14;;/h5-7,10,12,14,16H,3-4,8H2,1-2H3,(H,28,30)(H,29,31);2*1H/t12-,16?;;/m1../s1. The van der Waals surface area contributed by atoms with Crippen LogP contribution in [0.25, 0.3) is 0 Å². The van der Waals surface area contributed by atoms with Gasteiger partial charge >= 0.3 is 0 Å². The van der Waals surface area contributed by atoms with Gasteiger partial charge in [-0.15, -0.1) is 0 Å². The van der Waals surface area contributed by atoms with Crippen LogP contribution in [0.5, 0.6) is 0 Å². The minimum absolute atomic E-state index is 0. The molecule has 0 saturated heterocycles. The number of aromatic nitrogens is 1. The first-order valence-corrected chi connectivity index (χ1v) is 10.1. The number of nitrogens with zero attached hydrogens (tertiary/aromatic N) is 2. The molecule has 4 rings (SSSR count). The number of nitriles is 1. The molecule has 1 saturated carbocycles. The fourth-order valence-electron chi connectivity index (χ4n) is 4.09. The Morgan fingerprint density at radius 1 is 1.48 bits per heavy atom. The predicted octanol–water partition coefficient (Wildman–Crippen LogP) is 3.74. The van der Waals surface area contributed by atoms with Gasteiger partial charge in [-0.25, -0.2) is 8.78 Å². The number of allylic oxidation sites excluding steroid dienone is 2. The van der Waals surface area contributed by atoms with Gasteiger partial charge in [-0.1, -0.05) is 6.08 Å². The molecule has 6 nitrogen and oxygen atoms in total. The van der Waals surface area contributed by atoms with Crippen LogP contribution in [-0.2, 0) is 9.59 Å². The highest BCUT2D eigenvalue weighted by Crippen LogP contribution is 2.47. The zero-order valence-corrected chi connectivity index (χ0v) is 17.1. The summed E-state index contributed by atoms with van der Waals surface area (Å²) in [5.74, 6) is -1.42. The van der Waals surface area contributed by atoms with Crippen molar-refractivity contribution in [1.82, 2.24) is 15.6 Å². The van der Waals surface area contributed by atoms with E-state index in [1.165, 1.54) is 12.3 Å². The average Bonchev–Trinajstić information content (AvgIpc) is 3.56. The highest BCUT2D eigenvalue weighted by atomic mass is 19.1. The van der Waals surface area contributed by atoms with Gasteiger partial charge in [-0.05, 0) is 61.5 Å². The maximum Gasteiger partial charge on any atom is 0.249 e. The Morgan fingerprint density at radius 2 is 2.23 bits per heavy atom. The number of pyridine rings is 1. The Labute approximate surface area is 181 Å². The summed E-state index contributed by atoms with van der Waals surface area (Å²) in [4.78, 5) is 29.2. The second kappa shape index (κ2) is 8.06. The van der Waals surface area contributed by atoms with Crippen LogP contribution in [0.3, 0.4) is 0 Å². The molecular formula is C23H25F2N4O2. The van der Waals surface area contributed by atoms with Crippen molar-refractivity contribution in [3.05, 3.63) is 69.8 Å². The van der Waals surface area contributed by atoms with Crippen molar-refractivity contribution in [1.29, 1.82) is 5.26 Å². The second-order valence-electron chi connectivity index (χ2n) is 8.01. The van der Waals surface area contributed by atoms with Crippen molar-refractivity contribution in [2.45, 2.75) is 45.3 Å². The number of alkyl halides is 1. The Bertz CT molecular complexity index is 1110. The third-order valence-electron chi connectivity index (χ3n) is 5.78. The average molecular weight is 427 g/mol. The number of hydrogen-bond donors (Lipinski definition) is 2. The van der Waals surface area contributed by atoms with E-state index in [2.05, 4.69) is 15.6 Å². The molecule has 1 aliphatic heterocycles. The minimum Gasteiger partial charge on any atom is -0.348 e. The van der Waals surface area contributed by atoms with Gasteiger partial charge in [-0.2, -0.15) is 5.26 Å². The molecule has 1 fully saturated rings. The van der Waals surface area contributed by atoms with Crippen LogP contribution >= 0.6 is 0 Å². The molecule has 2 atom stereocenters. The van der Waals surface area contributed by atoms with Crippen molar-refractivity contribution in [2.24, 2.45) is 5.92 Å². The monoisotopic (exact) mass is 427 g/mol. The number of fused-ring (bicyclic) bond motifs is 1. The Morgan fingerprint density at radius 3 is 2.87 bits per heavy atom. The molecule has 0 aromatic carbocycles. The van der Waals surface area contributed by atoms with Crippen LogP contribution in [0.4, 0.5) is 8.78 Å².